The monoisotopic (exact) mass is 662 g/mol. The largest absolute Gasteiger partial charge is 0.456 e. The van der Waals surface area contributed by atoms with Gasteiger partial charge in [0.1, 0.15) is 23.7 Å². The number of halogens is 1. The van der Waals surface area contributed by atoms with Crippen LogP contribution in [0.15, 0.2) is 0 Å². The minimum atomic E-state index is -1.38. The minimum absolute atomic E-state index is 0.152. The summed E-state index contributed by atoms with van der Waals surface area (Å²) in [4.78, 5) is 28.0. The van der Waals surface area contributed by atoms with E-state index in [2.05, 4.69) is 24.1 Å². The highest BCUT2D eigenvalue weighted by Crippen LogP contribution is 2.33. The first-order chi connectivity index (χ1) is 21.1. The molecule has 9 atom stereocenters. The quantitative estimate of drug-likeness (QED) is 0.0693. The SMILES string of the molecule is CCCCCCCCCCCCCCCC(=O)O[C@@H]1[C@@H](O)[C@@H](O)[C@@H]([C@H](NC(=O)[C@@H]2C[C@@H](CCC)CN2C)[C@@H](C)Cl)O[C@@H]1SC. The Morgan fingerprint density at radius 2 is 1.52 bits per heavy atom. The number of amides is 1. The number of ether oxygens (including phenoxy) is 2. The predicted molar refractivity (Wildman–Crippen MR) is 181 cm³/mol. The molecule has 2 aliphatic rings. The van der Waals surface area contributed by atoms with Crippen LogP contribution in [0.1, 0.15) is 130 Å². The predicted octanol–water partition coefficient (Wildman–Crippen LogP) is 6.42. The first-order valence-electron chi connectivity index (χ1n) is 17.5. The standard InChI is InChI=1S/C34H63ClN2O6S/c1-6-8-9-10-11-12-13-14-15-16-17-18-19-21-27(38)42-32-30(40)29(39)31(43-34(32)44-5)28(24(3)35)36-33(41)26-22-25(20-7-2)23-37(26)4/h24-26,28-32,34,39-40H,6-23H2,1-5H3,(H,36,41)/t24-,25-,26+,28-,29-,30+,31-,32-,34-/m1/s1. The number of aliphatic hydroxyl groups is 2. The zero-order valence-electron chi connectivity index (χ0n) is 28.2. The number of carbonyl (C=O) groups is 2. The van der Waals surface area contributed by atoms with Crippen LogP contribution >= 0.6 is 23.4 Å². The van der Waals surface area contributed by atoms with Crippen LogP contribution in [-0.4, -0.2) is 94.2 Å². The highest BCUT2D eigenvalue weighted by molar-refractivity contribution is 7.99. The summed E-state index contributed by atoms with van der Waals surface area (Å²) in [5, 5.41) is 24.6. The fraction of sp³-hybridized carbons (Fsp3) is 0.941. The maximum atomic E-state index is 13.3. The van der Waals surface area contributed by atoms with Gasteiger partial charge in [0.15, 0.2) is 6.10 Å². The lowest BCUT2D eigenvalue weighted by Gasteiger charge is -2.45. The Morgan fingerprint density at radius 1 is 0.955 bits per heavy atom. The lowest BCUT2D eigenvalue weighted by Crippen LogP contribution is -2.65. The van der Waals surface area contributed by atoms with Crippen molar-refractivity contribution in [3.05, 3.63) is 0 Å². The number of unbranched alkanes of at least 4 members (excludes halogenated alkanes) is 12. The number of likely N-dealkylation sites (N-methyl/N-ethyl adjacent to an activating group) is 1. The number of alkyl halides is 1. The Kier molecular flexibility index (Phi) is 19.9. The van der Waals surface area contributed by atoms with Crippen molar-refractivity contribution in [1.29, 1.82) is 0 Å². The number of aliphatic hydroxyl groups excluding tert-OH is 2. The summed E-state index contributed by atoms with van der Waals surface area (Å²) < 4.78 is 11.9. The lowest BCUT2D eigenvalue weighted by atomic mass is 9.92. The molecule has 2 heterocycles. The third-order valence-corrected chi connectivity index (χ3v) is 10.5. The van der Waals surface area contributed by atoms with Crippen molar-refractivity contribution in [3.63, 3.8) is 0 Å². The summed E-state index contributed by atoms with van der Waals surface area (Å²) in [5.74, 6) is -0.0742. The average Bonchev–Trinajstić information content (AvgIpc) is 3.36. The summed E-state index contributed by atoms with van der Waals surface area (Å²) in [7, 11) is 1.95. The first-order valence-corrected chi connectivity index (χ1v) is 19.2. The van der Waals surface area contributed by atoms with Crippen LogP contribution in [0.5, 0.6) is 0 Å². The molecular weight excluding hydrogens is 600 g/mol. The fourth-order valence-corrected chi connectivity index (χ4v) is 7.65. The molecule has 10 heteroatoms. The Bertz CT molecular complexity index is 806. The highest BCUT2D eigenvalue weighted by atomic mass is 35.5. The number of rotatable bonds is 22. The van der Waals surface area contributed by atoms with Crippen molar-refractivity contribution in [2.24, 2.45) is 5.92 Å². The number of thioether (sulfide) groups is 1. The van der Waals surface area contributed by atoms with E-state index in [1.807, 2.05) is 7.05 Å². The van der Waals surface area contributed by atoms with Gasteiger partial charge in [-0.1, -0.05) is 97.3 Å². The molecule has 8 nitrogen and oxygen atoms in total. The van der Waals surface area contributed by atoms with E-state index < -0.39 is 47.2 Å². The van der Waals surface area contributed by atoms with Gasteiger partial charge in [0.2, 0.25) is 5.91 Å². The van der Waals surface area contributed by atoms with Gasteiger partial charge >= 0.3 is 5.97 Å². The van der Waals surface area contributed by atoms with Crippen LogP contribution in [0.4, 0.5) is 0 Å². The van der Waals surface area contributed by atoms with Gasteiger partial charge in [-0.25, -0.2) is 0 Å². The summed E-state index contributed by atoms with van der Waals surface area (Å²) in [5.41, 5.74) is -0.702. The van der Waals surface area contributed by atoms with Crippen LogP contribution in [-0.2, 0) is 19.1 Å². The Balaban J connectivity index is 1.76. The number of nitrogens with one attached hydrogen (secondary N) is 1. The van der Waals surface area contributed by atoms with Crippen molar-refractivity contribution < 1.29 is 29.3 Å². The highest BCUT2D eigenvalue weighted by Gasteiger charge is 2.50. The zero-order chi connectivity index (χ0) is 32.5. The maximum absolute atomic E-state index is 13.3. The van der Waals surface area contributed by atoms with Crippen LogP contribution in [0.25, 0.3) is 0 Å². The molecule has 3 N–H and O–H groups in total. The molecular formula is C34H63ClN2O6S. The topological polar surface area (TPSA) is 108 Å². The third kappa shape index (κ3) is 13.3. The fourth-order valence-electron chi connectivity index (χ4n) is 6.72. The Hall–Kier alpha value is -0.580. The molecule has 0 radical (unpaired) electrons. The molecule has 0 aliphatic carbocycles. The second kappa shape index (κ2) is 22.1. The van der Waals surface area contributed by atoms with E-state index in [0.29, 0.717) is 5.92 Å². The van der Waals surface area contributed by atoms with Crippen molar-refractivity contribution in [2.45, 2.75) is 177 Å². The van der Waals surface area contributed by atoms with Gasteiger partial charge in [-0.15, -0.1) is 23.4 Å². The van der Waals surface area contributed by atoms with E-state index >= 15 is 0 Å². The molecule has 258 valence electrons. The van der Waals surface area contributed by atoms with Crippen molar-refractivity contribution in [1.82, 2.24) is 10.2 Å². The van der Waals surface area contributed by atoms with Crippen molar-refractivity contribution in [2.75, 3.05) is 19.8 Å². The van der Waals surface area contributed by atoms with Gasteiger partial charge in [-0.05, 0) is 45.4 Å². The molecule has 0 aromatic rings. The minimum Gasteiger partial charge on any atom is -0.456 e. The smallest absolute Gasteiger partial charge is 0.306 e. The summed E-state index contributed by atoms with van der Waals surface area (Å²) in [6, 6.07) is -1.00. The van der Waals surface area contributed by atoms with E-state index in [1.165, 1.54) is 76.0 Å². The van der Waals surface area contributed by atoms with Gasteiger partial charge in [0, 0.05) is 13.0 Å². The number of nitrogens with zero attached hydrogens (tertiary/aromatic N) is 1. The summed E-state index contributed by atoms with van der Waals surface area (Å²) >= 11 is 7.82. The number of esters is 1. The van der Waals surface area contributed by atoms with Crippen LogP contribution in [0.2, 0.25) is 0 Å². The zero-order valence-corrected chi connectivity index (χ0v) is 29.8. The molecule has 44 heavy (non-hydrogen) atoms. The molecule has 2 aliphatic heterocycles. The van der Waals surface area contributed by atoms with E-state index in [4.69, 9.17) is 21.1 Å². The number of hydrogen-bond acceptors (Lipinski definition) is 8. The third-order valence-electron chi connectivity index (χ3n) is 9.36. The molecule has 1 amide bonds. The molecule has 0 spiro atoms. The van der Waals surface area contributed by atoms with Crippen LogP contribution < -0.4 is 5.32 Å². The average molecular weight is 663 g/mol. The Labute approximate surface area is 277 Å². The number of carbonyl (C=O) groups excluding carboxylic acids is 2. The van der Waals surface area contributed by atoms with Gasteiger partial charge in [-0.2, -0.15) is 0 Å². The van der Waals surface area contributed by atoms with Gasteiger partial charge in [0.05, 0.1) is 17.5 Å². The summed E-state index contributed by atoms with van der Waals surface area (Å²) in [6.45, 7) is 7.01. The van der Waals surface area contributed by atoms with E-state index in [-0.39, 0.29) is 18.4 Å². The van der Waals surface area contributed by atoms with E-state index in [0.717, 1.165) is 45.1 Å². The van der Waals surface area contributed by atoms with Crippen LogP contribution in [0, 0.1) is 5.92 Å². The Morgan fingerprint density at radius 3 is 2.05 bits per heavy atom. The molecule has 2 saturated heterocycles. The second-order valence-corrected chi connectivity index (χ2v) is 14.8. The van der Waals surface area contributed by atoms with Gasteiger partial charge in [-0.3, -0.25) is 14.5 Å². The molecule has 0 saturated carbocycles. The molecule has 2 fully saturated rings. The molecule has 0 bridgehead atoms. The first kappa shape index (κ1) is 39.6. The summed E-state index contributed by atoms with van der Waals surface area (Å²) in [6.07, 6.45) is 16.3. The molecule has 0 aromatic heterocycles. The lowest BCUT2D eigenvalue weighted by molar-refractivity contribution is -0.218. The van der Waals surface area contributed by atoms with Crippen molar-refractivity contribution >= 4 is 35.2 Å². The van der Waals surface area contributed by atoms with E-state index in [1.54, 1.807) is 13.2 Å². The van der Waals surface area contributed by atoms with Crippen LogP contribution in [0.3, 0.4) is 0 Å². The van der Waals surface area contributed by atoms with Gasteiger partial charge in [0.25, 0.3) is 0 Å². The number of hydrogen-bond donors (Lipinski definition) is 3. The molecule has 2 rings (SSSR count). The second-order valence-electron chi connectivity index (χ2n) is 13.2. The van der Waals surface area contributed by atoms with E-state index in [9.17, 15) is 19.8 Å². The normalized spacial score (nSPS) is 29.0. The van der Waals surface area contributed by atoms with Crippen molar-refractivity contribution in [3.8, 4) is 0 Å². The van der Waals surface area contributed by atoms with Gasteiger partial charge < -0.3 is 25.0 Å². The number of likely N-dealkylation sites (tertiary alicyclic amines) is 1. The molecule has 0 unspecified atom stereocenters. The molecule has 0 aromatic carbocycles. The maximum Gasteiger partial charge on any atom is 0.306 e.